The van der Waals surface area contributed by atoms with Crippen LogP contribution >= 0.6 is 0 Å². The number of nitrogen functional groups attached to an aromatic ring is 2. The van der Waals surface area contributed by atoms with Crippen LogP contribution in [0, 0.1) is 48.5 Å². The minimum atomic E-state index is 0.758. The number of aryl methyl sites for hydroxylation is 7. The molecule has 0 atom stereocenters. The van der Waals surface area contributed by atoms with E-state index in [1.807, 2.05) is 19.9 Å². The van der Waals surface area contributed by atoms with Crippen LogP contribution in [-0.2, 0) is 0 Å². The van der Waals surface area contributed by atoms with E-state index >= 15 is 0 Å². The highest BCUT2D eigenvalue weighted by molar-refractivity contribution is 6.01. The normalized spacial score (nSPS) is 13.5. The van der Waals surface area contributed by atoms with Crippen molar-refractivity contribution < 1.29 is 4.57 Å². The van der Waals surface area contributed by atoms with Crippen molar-refractivity contribution in [2.24, 2.45) is 4.99 Å². The molecule has 0 fully saturated rings. The Bertz CT molecular complexity index is 2670. The Morgan fingerprint density at radius 2 is 1.18 bits per heavy atom. The van der Waals surface area contributed by atoms with Crippen molar-refractivity contribution in [3.63, 3.8) is 0 Å². The summed E-state index contributed by atoms with van der Waals surface area (Å²) in [6.07, 6.45) is 12.5. The lowest BCUT2D eigenvalue weighted by Gasteiger charge is -2.18. The van der Waals surface area contributed by atoms with E-state index < -0.39 is 0 Å². The maximum atomic E-state index is 6.46. The van der Waals surface area contributed by atoms with Gasteiger partial charge in [-0.1, -0.05) is 61.1 Å². The molecule has 0 spiro atoms. The quantitative estimate of drug-likeness (QED) is 0.0306. The third-order valence-corrected chi connectivity index (χ3v) is 11.9. The van der Waals surface area contributed by atoms with Gasteiger partial charge < -0.3 is 27.4 Å². The van der Waals surface area contributed by atoms with Crippen molar-refractivity contribution in [3.05, 3.63) is 135 Å². The fourth-order valence-corrected chi connectivity index (χ4v) is 8.28. The number of nitrogens with one attached hydrogen (secondary N) is 3. The first kappa shape index (κ1) is 42.0. The van der Waals surface area contributed by atoms with E-state index in [2.05, 4.69) is 141 Å². The van der Waals surface area contributed by atoms with E-state index in [4.69, 9.17) is 21.4 Å². The molecule has 0 radical (unpaired) electrons. The predicted octanol–water partition coefficient (Wildman–Crippen LogP) is 12.1. The van der Waals surface area contributed by atoms with Crippen LogP contribution in [0.15, 0.2) is 101 Å². The molecule has 1 aliphatic carbocycles. The molecule has 1 aromatic heterocycles. The maximum Gasteiger partial charge on any atom is 0.239 e. The molecule has 60 heavy (non-hydrogen) atoms. The molecule has 0 saturated heterocycles. The van der Waals surface area contributed by atoms with Gasteiger partial charge in [-0.3, -0.25) is 4.99 Å². The fraction of sp³-hybridized carbons (Fsp3) is 0.327. The molecule has 0 aliphatic heterocycles. The molecule has 1 heterocycles. The maximum absolute atomic E-state index is 6.46. The zero-order valence-electron chi connectivity index (χ0n) is 36.9. The largest absolute Gasteiger partial charge is 0.398 e. The van der Waals surface area contributed by atoms with Crippen LogP contribution in [0.5, 0.6) is 0 Å². The second kappa shape index (κ2) is 18.4. The van der Waals surface area contributed by atoms with E-state index in [-0.39, 0.29) is 0 Å². The van der Waals surface area contributed by atoms with Gasteiger partial charge in [0.2, 0.25) is 16.7 Å². The average Bonchev–Trinajstić information content (AvgIpc) is 3.19. The summed E-state index contributed by atoms with van der Waals surface area (Å²) in [4.78, 5) is 10.2. The number of hydrogen-bond acceptors (Lipinski definition) is 7. The number of rotatable bonds is 15. The molecule has 0 unspecified atom stereocenters. The molecular weight excluding hydrogens is 737 g/mol. The first-order valence-electron chi connectivity index (χ1n) is 21.7. The van der Waals surface area contributed by atoms with Crippen LogP contribution in [0.3, 0.4) is 0 Å². The van der Waals surface area contributed by atoms with Gasteiger partial charge in [0, 0.05) is 77.4 Å². The molecule has 6 aromatic rings. The van der Waals surface area contributed by atoms with Gasteiger partial charge in [-0.15, -0.1) is 4.57 Å². The number of nitrogens with zero attached hydrogens (tertiary/aromatic N) is 3. The molecule has 1 aliphatic rings. The van der Waals surface area contributed by atoms with E-state index in [0.717, 1.165) is 111 Å². The van der Waals surface area contributed by atoms with Gasteiger partial charge >= 0.3 is 0 Å². The fourth-order valence-electron chi connectivity index (χ4n) is 8.28. The third kappa shape index (κ3) is 9.65. The van der Waals surface area contributed by atoms with E-state index in [9.17, 15) is 0 Å². The van der Waals surface area contributed by atoms with Gasteiger partial charge in [-0.05, 0) is 139 Å². The summed E-state index contributed by atoms with van der Waals surface area (Å²) in [6.45, 7) is 18.9. The number of unbranched alkanes of at least 4 members (excludes halogenated alkanes) is 5. The molecule has 310 valence electrons. The van der Waals surface area contributed by atoms with Crippen molar-refractivity contribution >= 4 is 61.9 Å². The van der Waals surface area contributed by atoms with Crippen LogP contribution in [-0.4, -0.2) is 23.8 Å². The summed E-state index contributed by atoms with van der Waals surface area (Å²) >= 11 is 0. The summed E-state index contributed by atoms with van der Waals surface area (Å²) in [5.41, 5.74) is 35.2. The Morgan fingerprint density at radius 1 is 0.583 bits per heavy atom. The molecule has 5 aromatic carbocycles. The number of aliphatic imine (C=N–C) groups is 1. The summed E-state index contributed by atoms with van der Waals surface area (Å²) in [5.74, 6) is 0. The highest BCUT2D eigenvalue weighted by Crippen LogP contribution is 2.35. The van der Waals surface area contributed by atoms with Gasteiger partial charge in [0.1, 0.15) is 11.0 Å². The van der Waals surface area contributed by atoms with E-state index in [0.29, 0.717) is 0 Å². The topological polar surface area (TPSA) is 117 Å². The summed E-state index contributed by atoms with van der Waals surface area (Å²) in [7, 11) is 0. The number of aromatic nitrogens is 2. The molecule has 7 N–H and O–H groups in total. The Morgan fingerprint density at radius 3 is 1.88 bits per heavy atom. The van der Waals surface area contributed by atoms with Crippen LogP contribution in [0.2, 0.25) is 0 Å². The van der Waals surface area contributed by atoms with Crippen molar-refractivity contribution in [3.8, 4) is 5.69 Å². The van der Waals surface area contributed by atoms with E-state index in [1.165, 1.54) is 64.8 Å². The van der Waals surface area contributed by atoms with E-state index in [1.54, 1.807) is 0 Å². The van der Waals surface area contributed by atoms with Crippen molar-refractivity contribution in [1.29, 1.82) is 0 Å². The lowest BCUT2D eigenvalue weighted by Crippen LogP contribution is -2.34. The lowest BCUT2D eigenvalue weighted by atomic mass is 10.0. The van der Waals surface area contributed by atoms with Gasteiger partial charge in [-0.2, -0.15) is 0 Å². The van der Waals surface area contributed by atoms with Crippen LogP contribution in [0.25, 0.3) is 27.8 Å². The van der Waals surface area contributed by atoms with Crippen molar-refractivity contribution in [2.45, 2.75) is 100 Å². The van der Waals surface area contributed by atoms with Crippen LogP contribution in [0.4, 0.5) is 34.1 Å². The molecule has 7 rings (SSSR count). The highest BCUT2D eigenvalue weighted by Gasteiger charge is 2.23. The van der Waals surface area contributed by atoms with Gasteiger partial charge in [0.15, 0.2) is 0 Å². The number of benzene rings is 5. The van der Waals surface area contributed by atoms with Gasteiger partial charge in [-0.25, -0.2) is 4.98 Å². The van der Waals surface area contributed by atoms with Crippen LogP contribution in [0.1, 0.15) is 90.8 Å². The monoisotopic (exact) mass is 800 g/mol. The summed E-state index contributed by atoms with van der Waals surface area (Å²) < 4.78 is 2.33. The standard InChI is InChI=1S/C52H62N8/c1-32-15-18-44(36(5)23-32)58-47-29-41(53)34(3)26-46(47)57-40-17-19-43(37(6)25-40)55-21-13-11-9-10-12-14-22-56-45-31-52-49(28-38(45)7)59-48-27-35(4)42(54)30-51(48)60(52)50-20-16-33(2)24-39(50)8/h15-16,18-20,23-31,55,58H,9-14,17,21-22,53H2,1-8H3,(H2,54,56)/p+1. The Hall–Kier alpha value is -6.15. The second-order valence-corrected chi connectivity index (χ2v) is 17.0. The predicted molar refractivity (Wildman–Crippen MR) is 257 cm³/mol. The average molecular weight is 800 g/mol. The molecular formula is C52H63N8+. The minimum Gasteiger partial charge on any atom is -0.398 e. The zero-order valence-corrected chi connectivity index (χ0v) is 36.9. The summed E-state index contributed by atoms with van der Waals surface area (Å²) in [5, 5.41) is 11.0. The lowest BCUT2D eigenvalue weighted by molar-refractivity contribution is -0.538. The van der Waals surface area contributed by atoms with Gasteiger partial charge in [0.05, 0.1) is 11.4 Å². The molecule has 8 nitrogen and oxygen atoms in total. The first-order chi connectivity index (χ1) is 28.8. The SMILES string of the molecule is CC1=CC(=Nc2cc(C)c(N)cc2Nc2ccc(C)cc2C)CC=C1NCCCCCCCCNc1cc2c(cc1C)nc1cc(C)c(N)cc1[n+]2-c1ccc(C)cc1C. The number of anilines is 5. The van der Waals surface area contributed by atoms with Crippen molar-refractivity contribution in [1.82, 2.24) is 10.3 Å². The van der Waals surface area contributed by atoms with Gasteiger partial charge in [0.25, 0.3) is 0 Å². The van der Waals surface area contributed by atoms with Crippen LogP contribution < -0.4 is 32.0 Å². The van der Waals surface area contributed by atoms with Crippen molar-refractivity contribution in [2.75, 3.05) is 35.2 Å². The third-order valence-electron chi connectivity index (χ3n) is 11.9. The zero-order chi connectivity index (χ0) is 42.5. The number of nitrogens with two attached hydrogens (primary N) is 2. The molecule has 0 bridgehead atoms. The second-order valence-electron chi connectivity index (χ2n) is 17.0. The number of allylic oxidation sites excluding steroid dienone is 3. The minimum absolute atomic E-state index is 0.758. The number of fused-ring (bicyclic) bond motifs is 2. The molecule has 0 amide bonds. The smallest absolute Gasteiger partial charge is 0.239 e. The summed E-state index contributed by atoms with van der Waals surface area (Å²) in [6, 6.07) is 25.8. The first-order valence-corrected chi connectivity index (χ1v) is 21.7. The molecule has 8 heteroatoms. The Labute approximate surface area is 356 Å². The Balaban J connectivity index is 0.882. The number of hydrogen-bond donors (Lipinski definition) is 5. The highest BCUT2D eigenvalue weighted by atomic mass is 15.0. The Kier molecular flexibility index (Phi) is 12.9. The molecule has 0 saturated carbocycles.